The van der Waals surface area contributed by atoms with Gasteiger partial charge in [-0.25, -0.2) is 4.68 Å². The van der Waals surface area contributed by atoms with Crippen molar-refractivity contribution in [2.45, 2.75) is 45.8 Å². The first kappa shape index (κ1) is 12.5. The predicted octanol–water partition coefficient (Wildman–Crippen LogP) is 3.02. The molecule has 0 aromatic carbocycles. The van der Waals surface area contributed by atoms with E-state index in [1.807, 2.05) is 11.6 Å². The maximum absolute atomic E-state index is 6.25. The summed E-state index contributed by atoms with van der Waals surface area (Å²) >= 11 is 1.81. The standard InChI is InChI=1S/C14H20N4S/c1-3-18-14(13(15)10(2)16-18)17(11-6-7-11)9-12-5-4-8-19-12/h4-5,8,11H,3,6-7,9,15H2,1-2H3. The van der Waals surface area contributed by atoms with Crippen molar-refractivity contribution in [3.63, 3.8) is 0 Å². The van der Waals surface area contributed by atoms with Gasteiger partial charge in [0.1, 0.15) is 0 Å². The molecule has 102 valence electrons. The van der Waals surface area contributed by atoms with E-state index in [2.05, 4.69) is 34.4 Å². The molecule has 0 radical (unpaired) electrons. The van der Waals surface area contributed by atoms with Crippen LogP contribution in [-0.4, -0.2) is 15.8 Å². The molecule has 0 saturated heterocycles. The van der Waals surface area contributed by atoms with Gasteiger partial charge in [-0.05, 0) is 38.1 Å². The first-order valence-corrected chi connectivity index (χ1v) is 7.70. The molecule has 0 unspecified atom stereocenters. The van der Waals surface area contributed by atoms with Gasteiger partial charge < -0.3 is 10.6 Å². The Labute approximate surface area is 117 Å². The molecule has 1 fully saturated rings. The molecule has 2 aromatic heterocycles. The number of nitrogen functional groups attached to an aromatic ring is 1. The number of anilines is 2. The third-order valence-electron chi connectivity index (χ3n) is 3.61. The second-order valence-electron chi connectivity index (χ2n) is 5.08. The van der Waals surface area contributed by atoms with Gasteiger partial charge in [-0.15, -0.1) is 11.3 Å². The maximum Gasteiger partial charge on any atom is 0.151 e. The molecule has 1 saturated carbocycles. The number of aryl methyl sites for hydroxylation is 2. The average molecular weight is 276 g/mol. The SMILES string of the molecule is CCn1nc(C)c(N)c1N(Cc1cccs1)C1CC1. The number of nitrogens with zero attached hydrogens (tertiary/aromatic N) is 3. The average Bonchev–Trinajstić information content (AvgIpc) is 3.05. The van der Waals surface area contributed by atoms with Crippen molar-refractivity contribution in [2.75, 3.05) is 10.6 Å². The number of nitrogens with two attached hydrogens (primary N) is 1. The Bertz CT molecular complexity index is 554. The molecule has 2 N–H and O–H groups in total. The number of thiophene rings is 1. The molecule has 0 bridgehead atoms. The zero-order valence-electron chi connectivity index (χ0n) is 11.5. The summed E-state index contributed by atoms with van der Waals surface area (Å²) in [7, 11) is 0. The van der Waals surface area contributed by atoms with Crippen LogP contribution in [0.2, 0.25) is 0 Å². The van der Waals surface area contributed by atoms with Crippen molar-refractivity contribution in [3.8, 4) is 0 Å². The summed E-state index contributed by atoms with van der Waals surface area (Å²) < 4.78 is 2.04. The van der Waals surface area contributed by atoms with Crippen LogP contribution in [0.3, 0.4) is 0 Å². The number of aromatic nitrogens is 2. The van der Waals surface area contributed by atoms with Crippen LogP contribution in [0.5, 0.6) is 0 Å². The summed E-state index contributed by atoms with van der Waals surface area (Å²) in [6.45, 7) is 5.91. The quantitative estimate of drug-likeness (QED) is 0.913. The first-order chi connectivity index (χ1) is 9.20. The van der Waals surface area contributed by atoms with Crippen LogP contribution < -0.4 is 10.6 Å². The van der Waals surface area contributed by atoms with Gasteiger partial charge >= 0.3 is 0 Å². The van der Waals surface area contributed by atoms with E-state index in [1.54, 1.807) is 11.3 Å². The summed E-state index contributed by atoms with van der Waals surface area (Å²) in [6, 6.07) is 4.93. The van der Waals surface area contributed by atoms with Gasteiger partial charge in [0.15, 0.2) is 5.82 Å². The summed E-state index contributed by atoms with van der Waals surface area (Å²) in [4.78, 5) is 3.82. The van der Waals surface area contributed by atoms with E-state index in [1.165, 1.54) is 17.7 Å². The second-order valence-corrected chi connectivity index (χ2v) is 6.11. The van der Waals surface area contributed by atoms with E-state index in [0.29, 0.717) is 6.04 Å². The molecule has 1 aliphatic carbocycles. The molecule has 0 amide bonds. The Kier molecular flexibility index (Phi) is 3.22. The monoisotopic (exact) mass is 276 g/mol. The molecule has 1 aliphatic rings. The van der Waals surface area contributed by atoms with E-state index in [0.717, 1.165) is 30.3 Å². The third kappa shape index (κ3) is 2.34. The third-order valence-corrected chi connectivity index (χ3v) is 4.47. The highest BCUT2D eigenvalue weighted by Crippen LogP contribution is 2.37. The molecule has 4 nitrogen and oxygen atoms in total. The van der Waals surface area contributed by atoms with Gasteiger partial charge in [-0.1, -0.05) is 6.07 Å². The van der Waals surface area contributed by atoms with Gasteiger partial charge in [-0.2, -0.15) is 5.10 Å². The summed E-state index contributed by atoms with van der Waals surface area (Å²) in [5.74, 6) is 1.11. The van der Waals surface area contributed by atoms with Crippen LogP contribution in [0.25, 0.3) is 0 Å². The zero-order valence-corrected chi connectivity index (χ0v) is 12.3. The van der Waals surface area contributed by atoms with E-state index in [9.17, 15) is 0 Å². The second kappa shape index (κ2) is 4.89. The van der Waals surface area contributed by atoms with Crippen LogP contribution in [0, 0.1) is 6.92 Å². The van der Waals surface area contributed by atoms with E-state index in [4.69, 9.17) is 5.73 Å². The van der Waals surface area contributed by atoms with Crippen molar-refractivity contribution < 1.29 is 0 Å². The van der Waals surface area contributed by atoms with E-state index < -0.39 is 0 Å². The number of hydrogen-bond acceptors (Lipinski definition) is 4. The lowest BCUT2D eigenvalue weighted by atomic mass is 10.3. The molecule has 0 atom stereocenters. The largest absolute Gasteiger partial charge is 0.394 e. The Morgan fingerprint density at radius 3 is 2.89 bits per heavy atom. The Balaban J connectivity index is 1.96. The maximum atomic E-state index is 6.25. The highest BCUT2D eigenvalue weighted by atomic mass is 32.1. The van der Waals surface area contributed by atoms with Crippen LogP contribution in [-0.2, 0) is 13.1 Å². The fourth-order valence-electron chi connectivity index (χ4n) is 2.44. The van der Waals surface area contributed by atoms with Gasteiger partial charge in [0.05, 0.1) is 17.9 Å². The Morgan fingerprint density at radius 1 is 1.53 bits per heavy atom. The summed E-state index contributed by atoms with van der Waals surface area (Å²) in [5, 5.41) is 6.67. The zero-order chi connectivity index (χ0) is 13.4. The topological polar surface area (TPSA) is 47.1 Å². The lowest BCUT2D eigenvalue weighted by molar-refractivity contribution is 0.626. The Morgan fingerprint density at radius 2 is 2.32 bits per heavy atom. The van der Waals surface area contributed by atoms with Gasteiger partial charge in [0.25, 0.3) is 0 Å². The van der Waals surface area contributed by atoms with E-state index in [-0.39, 0.29) is 0 Å². The highest BCUT2D eigenvalue weighted by Gasteiger charge is 2.33. The molecule has 5 heteroatoms. The fourth-order valence-corrected chi connectivity index (χ4v) is 3.14. The van der Waals surface area contributed by atoms with Crippen molar-refractivity contribution in [2.24, 2.45) is 0 Å². The predicted molar refractivity (Wildman–Crippen MR) is 80.6 cm³/mol. The molecule has 19 heavy (non-hydrogen) atoms. The number of hydrogen-bond donors (Lipinski definition) is 1. The van der Waals surface area contributed by atoms with Crippen molar-refractivity contribution in [1.29, 1.82) is 0 Å². The molecule has 2 aromatic rings. The van der Waals surface area contributed by atoms with Crippen LogP contribution >= 0.6 is 11.3 Å². The molecule has 0 aliphatic heterocycles. The first-order valence-electron chi connectivity index (χ1n) is 6.82. The minimum absolute atomic E-state index is 0.630. The van der Waals surface area contributed by atoms with Crippen molar-refractivity contribution in [1.82, 2.24) is 9.78 Å². The molecule has 3 rings (SSSR count). The minimum Gasteiger partial charge on any atom is -0.394 e. The number of rotatable bonds is 5. The lowest BCUT2D eigenvalue weighted by Gasteiger charge is -2.25. The molecule has 0 spiro atoms. The fraction of sp³-hybridized carbons (Fsp3) is 0.500. The van der Waals surface area contributed by atoms with Gasteiger partial charge in [0, 0.05) is 17.5 Å². The lowest BCUT2D eigenvalue weighted by Crippen LogP contribution is -2.28. The van der Waals surface area contributed by atoms with E-state index >= 15 is 0 Å². The van der Waals surface area contributed by atoms with Crippen molar-refractivity contribution in [3.05, 3.63) is 28.1 Å². The van der Waals surface area contributed by atoms with Crippen LogP contribution in [0.1, 0.15) is 30.3 Å². The Hall–Kier alpha value is -1.49. The van der Waals surface area contributed by atoms with Crippen LogP contribution in [0.4, 0.5) is 11.5 Å². The van der Waals surface area contributed by atoms with Gasteiger partial charge in [0.2, 0.25) is 0 Å². The summed E-state index contributed by atoms with van der Waals surface area (Å²) in [6.07, 6.45) is 2.53. The molecular formula is C14H20N4S. The molecular weight excluding hydrogens is 256 g/mol. The summed E-state index contributed by atoms with van der Waals surface area (Å²) in [5.41, 5.74) is 8.03. The minimum atomic E-state index is 0.630. The highest BCUT2D eigenvalue weighted by molar-refractivity contribution is 7.09. The van der Waals surface area contributed by atoms with Gasteiger partial charge in [-0.3, -0.25) is 0 Å². The van der Waals surface area contributed by atoms with Crippen LogP contribution in [0.15, 0.2) is 17.5 Å². The molecule has 2 heterocycles. The smallest absolute Gasteiger partial charge is 0.151 e. The normalized spacial score (nSPS) is 14.8. The van der Waals surface area contributed by atoms with Crippen molar-refractivity contribution >= 4 is 22.8 Å².